The second-order valence-corrected chi connectivity index (χ2v) is 5.03. The molecule has 1 aromatic carbocycles. The summed E-state index contributed by atoms with van der Waals surface area (Å²) in [6.45, 7) is 0. The zero-order chi connectivity index (χ0) is 13.8. The first kappa shape index (κ1) is 13.9. The average molecular weight is 325 g/mol. The number of hydrogen-bond donors (Lipinski definition) is 0. The predicted molar refractivity (Wildman–Crippen MR) is 77.9 cm³/mol. The van der Waals surface area contributed by atoms with E-state index in [1.54, 1.807) is 14.2 Å². The van der Waals surface area contributed by atoms with Crippen LogP contribution in [-0.4, -0.2) is 23.8 Å². The van der Waals surface area contributed by atoms with E-state index in [1.165, 1.54) is 5.56 Å². The van der Waals surface area contributed by atoms with E-state index < -0.39 is 0 Å². The van der Waals surface area contributed by atoms with E-state index in [4.69, 9.17) is 9.47 Å². The van der Waals surface area contributed by atoms with Gasteiger partial charge in [-0.15, -0.1) is 0 Å². The van der Waals surface area contributed by atoms with Gasteiger partial charge in [-0.3, -0.25) is 0 Å². The second kappa shape index (κ2) is 6.10. The number of hydrogen-bond acceptors (Lipinski definition) is 3. The van der Waals surface area contributed by atoms with Crippen molar-refractivity contribution >= 4 is 15.9 Å². The van der Waals surface area contributed by atoms with Crippen LogP contribution in [-0.2, 0) is 19.9 Å². The van der Waals surface area contributed by atoms with E-state index in [0.29, 0.717) is 0 Å². The van der Waals surface area contributed by atoms with Crippen LogP contribution in [0.3, 0.4) is 0 Å². The molecule has 0 amide bonds. The quantitative estimate of drug-likeness (QED) is 0.848. The van der Waals surface area contributed by atoms with Crippen molar-refractivity contribution in [3.8, 4) is 11.5 Å². The number of ether oxygens (including phenoxy) is 2. The monoisotopic (exact) mass is 324 g/mol. The van der Waals surface area contributed by atoms with Crippen LogP contribution in [0.25, 0.3) is 0 Å². The summed E-state index contributed by atoms with van der Waals surface area (Å²) in [5.74, 6) is 1.52. The van der Waals surface area contributed by atoms with Crippen molar-refractivity contribution in [2.45, 2.75) is 12.8 Å². The van der Waals surface area contributed by atoms with Gasteiger partial charge in [0.2, 0.25) is 0 Å². The van der Waals surface area contributed by atoms with Gasteiger partial charge in [-0.25, -0.2) is 4.98 Å². The number of benzene rings is 1. The molecule has 0 N–H and O–H groups in total. The lowest BCUT2D eigenvalue weighted by atomic mass is 10.1. The van der Waals surface area contributed by atoms with Crippen LogP contribution in [0.4, 0.5) is 0 Å². The van der Waals surface area contributed by atoms with Crippen LogP contribution in [0, 0.1) is 0 Å². The van der Waals surface area contributed by atoms with Gasteiger partial charge in [0.15, 0.2) is 11.5 Å². The number of rotatable bonds is 5. The molecule has 0 fully saturated rings. The van der Waals surface area contributed by atoms with Crippen LogP contribution < -0.4 is 9.47 Å². The summed E-state index contributed by atoms with van der Waals surface area (Å²) in [6, 6.07) is 6.00. The Morgan fingerprint density at radius 2 is 1.89 bits per heavy atom. The summed E-state index contributed by atoms with van der Waals surface area (Å²) in [6.07, 6.45) is 3.61. The lowest BCUT2D eigenvalue weighted by Gasteiger charge is -2.09. The predicted octanol–water partition coefficient (Wildman–Crippen LogP) is 2.99. The molecule has 0 radical (unpaired) electrons. The molecular formula is C14H17BrN2O2. The fourth-order valence-corrected chi connectivity index (χ4v) is 2.32. The molecule has 0 atom stereocenters. The average Bonchev–Trinajstić information content (AvgIpc) is 2.76. The first-order chi connectivity index (χ1) is 9.15. The van der Waals surface area contributed by atoms with Crippen LogP contribution in [0.1, 0.15) is 11.3 Å². The van der Waals surface area contributed by atoms with E-state index >= 15 is 0 Å². The largest absolute Gasteiger partial charge is 0.493 e. The molecule has 0 aliphatic heterocycles. The standard InChI is InChI=1S/C14H17BrN2O2/c1-17-9-16-11(14(17)15)6-4-10-5-7-12(18-2)13(8-10)19-3/h5,7-9H,4,6H2,1-3H3. The molecule has 1 heterocycles. The molecule has 0 bridgehead atoms. The SMILES string of the molecule is COc1ccc(CCc2ncn(C)c2Br)cc1OC. The molecule has 0 saturated carbocycles. The lowest BCUT2D eigenvalue weighted by Crippen LogP contribution is -1.96. The smallest absolute Gasteiger partial charge is 0.160 e. The summed E-state index contributed by atoms with van der Waals surface area (Å²) in [4.78, 5) is 4.37. The molecule has 0 aliphatic rings. The van der Waals surface area contributed by atoms with E-state index in [0.717, 1.165) is 34.6 Å². The summed E-state index contributed by atoms with van der Waals surface area (Å²) < 4.78 is 13.5. The molecule has 1 aromatic heterocycles. The van der Waals surface area contributed by atoms with E-state index in [1.807, 2.05) is 30.1 Å². The lowest BCUT2D eigenvalue weighted by molar-refractivity contribution is 0.354. The molecule has 19 heavy (non-hydrogen) atoms. The molecule has 0 aliphatic carbocycles. The number of halogens is 1. The molecule has 5 heteroatoms. The Labute approximate surface area is 121 Å². The van der Waals surface area contributed by atoms with Gasteiger partial charge in [-0.05, 0) is 46.5 Å². The second-order valence-electron chi connectivity index (χ2n) is 4.28. The van der Waals surface area contributed by atoms with Crippen LogP contribution in [0.15, 0.2) is 29.1 Å². The Morgan fingerprint density at radius 1 is 1.16 bits per heavy atom. The van der Waals surface area contributed by atoms with Crippen molar-refractivity contribution in [1.82, 2.24) is 9.55 Å². The minimum atomic E-state index is 0.755. The zero-order valence-electron chi connectivity index (χ0n) is 11.3. The highest BCUT2D eigenvalue weighted by atomic mass is 79.9. The molecule has 0 unspecified atom stereocenters. The zero-order valence-corrected chi connectivity index (χ0v) is 12.9. The Morgan fingerprint density at radius 3 is 2.47 bits per heavy atom. The molecule has 0 spiro atoms. The number of aromatic nitrogens is 2. The van der Waals surface area contributed by atoms with Gasteiger partial charge < -0.3 is 14.0 Å². The molecule has 4 nitrogen and oxygen atoms in total. The highest BCUT2D eigenvalue weighted by molar-refractivity contribution is 9.10. The van der Waals surface area contributed by atoms with Gasteiger partial charge in [0.25, 0.3) is 0 Å². The summed E-state index contributed by atoms with van der Waals surface area (Å²) in [5, 5.41) is 0. The van der Waals surface area contributed by atoms with Gasteiger partial charge in [0, 0.05) is 7.05 Å². The van der Waals surface area contributed by atoms with Crippen molar-refractivity contribution in [2.75, 3.05) is 14.2 Å². The minimum Gasteiger partial charge on any atom is -0.493 e. The summed E-state index contributed by atoms with van der Waals surface area (Å²) >= 11 is 3.53. The Hall–Kier alpha value is -1.49. The van der Waals surface area contributed by atoms with Gasteiger partial charge in [-0.2, -0.15) is 0 Å². The van der Waals surface area contributed by atoms with Gasteiger partial charge >= 0.3 is 0 Å². The van der Waals surface area contributed by atoms with Crippen molar-refractivity contribution in [2.24, 2.45) is 7.05 Å². The van der Waals surface area contributed by atoms with E-state index in [2.05, 4.69) is 27.0 Å². The Balaban J connectivity index is 2.09. The highest BCUT2D eigenvalue weighted by Crippen LogP contribution is 2.28. The summed E-state index contributed by atoms with van der Waals surface area (Å²) in [5.41, 5.74) is 2.27. The minimum absolute atomic E-state index is 0.755. The third-order valence-electron chi connectivity index (χ3n) is 3.03. The van der Waals surface area contributed by atoms with Crippen molar-refractivity contribution in [3.05, 3.63) is 40.4 Å². The molecule has 2 rings (SSSR count). The first-order valence-electron chi connectivity index (χ1n) is 6.02. The molecule has 102 valence electrons. The van der Waals surface area contributed by atoms with Gasteiger partial charge in [0.05, 0.1) is 26.2 Å². The normalized spacial score (nSPS) is 10.5. The van der Waals surface area contributed by atoms with Gasteiger partial charge in [-0.1, -0.05) is 6.07 Å². The Kier molecular flexibility index (Phi) is 4.47. The number of imidazole rings is 1. The number of nitrogens with zero attached hydrogens (tertiary/aromatic N) is 2. The maximum absolute atomic E-state index is 5.30. The maximum Gasteiger partial charge on any atom is 0.160 e. The van der Waals surface area contributed by atoms with E-state index in [-0.39, 0.29) is 0 Å². The molecular weight excluding hydrogens is 308 g/mol. The number of aryl methyl sites for hydroxylation is 3. The molecule has 0 saturated heterocycles. The summed E-state index contributed by atoms with van der Waals surface area (Å²) in [7, 11) is 5.26. The fraction of sp³-hybridized carbons (Fsp3) is 0.357. The topological polar surface area (TPSA) is 36.3 Å². The third kappa shape index (κ3) is 3.10. The highest BCUT2D eigenvalue weighted by Gasteiger charge is 2.08. The van der Waals surface area contributed by atoms with Crippen molar-refractivity contribution in [1.29, 1.82) is 0 Å². The van der Waals surface area contributed by atoms with Crippen molar-refractivity contribution < 1.29 is 9.47 Å². The van der Waals surface area contributed by atoms with Crippen molar-refractivity contribution in [3.63, 3.8) is 0 Å². The third-order valence-corrected chi connectivity index (χ3v) is 4.05. The van der Waals surface area contributed by atoms with Crippen LogP contribution in [0.2, 0.25) is 0 Å². The molecule has 2 aromatic rings. The van der Waals surface area contributed by atoms with Crippen LogP contribution >= 0.6 is 15.9 Å². The Bertz CT molecular complexity index is 567. The first-order valence-corrected chi connectivity index (χ1v) is 6.81. The fourth-order valence-electron chi connectivity index (χ4n) is 1.93. The maximum atomic E-state index is 5.30. The van der Waals surface area contributed by atoms with Crippen LogP contribution in [0.5, 0.6) is 11.5 Å². The van der Waals surface area contributed by atoms with E-state index in [9.17, 15) is 0 Å². The van der Waals surface area contributed by atoms with Gasteiger partial charge in [0.1, 0.15) is 4.60 Å². The number of methoxy groups -OCH3 is 2.